The van der Waals surface area contributed by atoms with E-state index in [9.17, 15) is 4.79 Å². The van der Waals surface area contributed by atoms with E-state index in [2.05, 4.69) is 4.90 Å². The molecule has 0 radical (unpaired) electrons. The monoisotopic (exact) mass is 372 g/mol. The lowest BCUT2D eigenvalue weighted by atomic mass is 9.93. The van der Waals surface area contributed by atoms with Gasteiger partial charge in [0.25, 0.3) is 0 Å². The predicted molar refractivity (Wildman–Crippen MR) is 99.8 cm³/mol. The first-order valence-corrected chi connectivity index (χ1v) is 9.95. The van der Waals surface area contributed by atoms with Crippen LogP contribution < -0.4 is 0 Å². The number of nitrogens with zero attached hydrogens (tertiary/aromatic N) is 2. The highest BCUT2D eigenvalue weighted by Gasteiger charge is 2.33. The summed E-state index contributed by atoms with van der Waals surface area (Å²) < 4.78 is 16.5. The normalized spacial score (nSPS) is 22.0. The number of hydrogen-bond acceptors (Lipinski definition) is 5. The molecule has 2 aromatic heterocycles. The lowest BCUT2D eigenvalue weighted by molar-refractivity contribution is -0.139. The van der Waals surface area contributed by atoms with Crippen molar-refractivity contribution >= 4 is 5.91 Å². The third kappa shape index (κ3) is 4.62. The van der Waals surface area contributed by atoms with E-state index < -0.39 is 0 Å². The summed E-state index contributed by atoms with van der Waals surface area (Å²) >= 11 is 0. The van der Waals surface area contributed by atoms with Gasteiger partial charge in [0.2, 0.25) is 5.91 Å². The van der Waals surface area contributed by atoms with Crippen LogP contribution in [0.25, 0.3) is 0 Å². The van der Waals surface area contributed by atoms with Gasteiger partial charge in [0.1, 0.15) is 11.5 Å². The second-order valence-corrected chi connectivity index (χ2v) is 7.53. The molecule has 2 fully saturated rings. The fourth-order valence-corrected chi connectivity index (χ4v) is 4.24. The number of ether oxygens (including phenoxy) is 1. The van der Waals surface area contributed by atoms with Crippen molar-refractivity contribution in [2.24, 2.45) is 5.92 Å². The van der Waals surface area contributed by atoms with Crippen LogP contribution in [0.4, 0.5) is 0 Å². The third-order valence-electron chi connectivity index (χ3n) is 5.67. The molecule has 2 aromatic rings. The van der Waals surface area contributed by atoms with Crippen LogP contribution in [0.1, 0.15) is 37.2 Å². The first-order chi connectivity index (χ1) is 13.3. The molecule has 2 saturated heterocycles. The lowest BCUT2D eigenvalue weighted by Gasteiger charge is -2.40. The van der Waals surface area contributed by atoms with Crippen LogP contribution in [0.5, 0.6) is 0 Å². The molecule has 27 heavy (non-hydrogen) atoms. The van der Waals surface area contributed by atoms with Gasteiger partial charge >= 0.3 is 0 Å². The van der Waals surface area contributed by atoms with E-state index in [0.29, 0.717) is 19.1 Å². The Balaban J connectivity index is 1.44. The van der Waals surface area contributed by atoms with Crippen molar-refractivity contribution in [3.05, 3.63) is 48.3 Å². The maximum absolute atomic E-state index is 13.4. The highest BCUT2D eigenvalue weighted by molar-refractivity contribution is 5.79. The summed E-state index contributed by atoms with van der Waals surface area (Å²) in [6.45, 7) is 4.55. The fourth-order valence-electron chi connectivity index (χ4n) is 4.24. The van der Waals surface area contributed by atoms with Crippen LogP contribution in [0.15, 0.2) is 45.6 Å². The van der Waals surface area contributed by atoms with Gasteiger partial charge in [0.05, 0.1) is 31.5 Å². The summed E-state index contributed by atoms with van der Waals surface area (Å²) in [6.07, 6.45) is 7.47. The smallest absolute Gasteiger partial charge is 0.227 e. The van der Waals surface area contributed by atoms with Gasteiger partial charge in [0.15, 0.2) is 0 Å². The predicted octanol–water partition coefficient (Wildman–Crippen LogP) is 3.29. The Kier molecular flexibility index (Phi) is 5.94. The number of rotatable bonds is 6. The van der Waals surface area contributed by atoms with Crippen LogP contribution in [0, 0.1) is 5.92 Å². The Labute approximate surface area is 160 Å². The Morgan fingerprint density at radius 1 is 1.04 bits per heavy atom. The molecule has 1 amide bonds. The maximum atomic E-state index is 13.4. The van der Waals surface area contributed by atoms with E-state index >= 15 is 0 Å². The number of amides is 1. The van der Waals surface area contributed by atoms with Gasteiger partial charge in [-0.1, -0.05) is 0 Å². The summed E-state index contributed by atoms with van der Waals surface area (Å²) in [7, 11) is 0. The Bertz CT molecular complexity index is 656. The molecule has 2 aliphatic heterocycles. The van der Waals surface area contributed by atoms with Crippen LogP contribution >= 0.6 is 0 Å². The van der Waals surface area contributed by atoms with Gasteiger partial charge in [-0.15, -0.1) is 0 Å². The number of likely N-dealkylation sites (tertiary alicyclic amines) is 1. The summed E-state index contributed by atoms with van der Waals surface area (Å²) in [4.78, 5) is 17.7. The highest BCUT2D eigenvalue weighted by atomic mass is 16.5. The molecule has 2 aliphatic rings. The molecule has 0 saturated carbocycles. The van der Waals surface area contributed by atoms with Gasteiger partial charge in [0, 0.05) is 25.8 Å². The third-order valence-corrected chi connectivity index (χ3v) is 5.67. The van der Waals surface area contributed by atoms with E-state index in [1.807, 2.05) is 29.2 Å². The van der Waals surface area contributed by atoms with Crippen molar-refractivity contribution in [3.63, 3.8) is 0 Å². The number of piperidine rings is 1. The van der Waals surface area contributed by atoms with Gasteiger partial charge in [-0.2, -0.15) is 0 Å². The zero-order chi connectivity index (χ0) is 18.5. The number of carbonyl (C=O) groups is 1. The van der Waals surface area contributed by atoms with Crippen molar-refractivity contribution in [2.45, 2.75) is 44.8 Å². The Morgan fingerprint density at radius 2 is 1.70 bits per heavy atom. The van der Waals surface area contributed by atoms with Crippen LogP contribution in [0.2, 0.25) is 0 Å². The molecule has 0 N–H and O–H groups in total. The molecule has 0 aliphatic carbocycles. The van der Waals surface area contributed by atoms with Crippen molar-refractivity contribution in [1.29, 1.82) is 0 Å². The molecule has 0 aromatic carbocycles. The summed E-state index contributed by atoms with van der Waals surface area (Å²) in [6, 6.07) is 8.10. The fraction of sp³-hybridized carbons (Fsp3) is 0.571. The standard InChI is InChI=1S/C21H28N2O4/c24-21(17-4-1-9-22(14-17)18-7-12-25-13-8-18)23(15-19-5-2-10-26-19)16-20-6-3-11-27-20/h2-3,5-6,10-11,17-18H,1,4,7-9,12-16H2/t17-/m0/s1. The first kappa shape index (κ1) is 18.3. The van der Waals surface area contributed by atoms with Gasteiger partial charge in [-0.25, -0.2) is 0 Å². The van der Waals surface area contributed by atoms with Crippen molar-refractivity contribution < 1.29 is 18.4 Å². The molecule has 4 heterocycles. The first-order valence-electron chi connectivity index (χ1n) is 9.95. The van der Waals surface area contributed by atoms with Gasteiger partial charge in [-0.3, -0.25) is 9.69 Å². The summed E-state index contributed by atoms with van der Waals surface area (Å²) in [5.74, 6) is 1.82. The lowest BCUT2D eigenvalue weighted by Crippen LogP contribution is -2.49. The zero-order valence-electron chi connectivity index (χ0n) is 15.7. The van der Waals surface area contributed by atoms with Gasteiger partial charge in [-0.05, 0) is 56.5 Å². The van der Waals surface area contributed by atoms with E-state index in [4.69, 9.17) is 13.6 Å². The van der Waals surface area contributed by atoms with Crippen molar-refractivity contribution in [2.75, 3.05) is 26.3 Å². The zero-order valence-corrected chi connectivity index (χ0v) is 15.7. The molecule has 146 valence electrons. The molecular weight excluding hydrogens is 344 g/mol. The van der Waals surface area contributed by atoms with Gasteiger partial charge < -0.3 is 18.5 Å². The molecule has 6 heteroatoms. The van der Waals surface area contributed by atoms with E-state index in [-0.39, 0.29) is 11.8 Å². The van der Waals surface area contributed by atoms with Crippen molar-refractivity contribution in [3.8, 4) is 0 Å². The second-order valence-electron chi connectivity index (χ2n) is 7.53. The second kappa shape index (κ2) is 8.76. The molecule has 0 unspecified atom stereocenters. The Hall–Kier alpha value is -2.05. The minimum atomic E-state index is 0.0338. The molecule has 0 bridgehead atoms. The minimum Gasteiger partial charge on any atom is -0.467 e. The minimum absolute atomic E-state index is 0.0338. The number of carbonyl (C=O) groups excluding carboxylic acids is 1. The van der Waals surface area contributed by atoms with Crippen molar-refractivity contribution in [1.82, 2.24) is 9.80 Å². The largest absolute Gasteiger partial charge is 0.467 e. The maximum Gasteiger partial charge on any atom is 0.227 e. The number of hydrogen-bond donors (Lipinski definition) is 0. The Morgan fingerprint density at radius 3 is 2.30 bits per heavy atom. The summed E-state index contributed by atoms with van der Waals surface area (Å²) in [5, 5.41) is 0. The molecule has 6 nitrogen and oxygen atoms in total. The van der Waals surface area contributed by atoms with E-state index in [0.717, 1.165) is 63.5 Å². The van der Waals surface area contributed by atoms with E-state index in [1.165, 1.54) is 0 Å². The topological polar surface area (TPSA) is 59.1 Å². The average molecular weight is 372 g/mol. The molecule has 4 rings (SSSR count). The average Bonchev–Trinajstić information content (AvgIpc) is 3.42. The van der Waals surface area contributed by atoms with Crippen LogP contribution in [-0.4, -0.2) is 48.1 Å². The quantitative estimate of drug-likeness (QED) is 0.779. The van der Waals surface area contributed by atoms with E-state index in [1.54, 1.807) is 12.5 Å². The van der Waals surface area contributed by atoms with Crippen LogP contribution in [-0.2, 0) is 22.6 Å². The molecule has 0 spiro atoms. The SMILES string of the molecule is O=C([C@H]1CCCN(C2CCOCC2)C1)N(Cc1ccco1)Cc1ccco1. The number of furan rings is 2. The molecule has 1 atom stereocenters. The highest BCUT2D eigenvalue weighted by Crippen LogP contribution is 2.26. The molecular formula is C21H28N2O4. The summed E-state index contributed by atoms with van der Waals surface area (Å²) in [5.41, 5.74) is 0. The van der Waals surface area contributed by atoms with Crippen LogP contribution in [0.3, 0.4) is 0 Å².